The molecule has 0 amide bonds. The van der Waals surface area contributed by atoms with Crippen LogP contribution in [-0.2, 0) is 0 Å². The molecule has 2 nitrogen and oxygen atoms in total. The van der Waals surface area contributed by atoms with Crippen LogP contribution in [0.15, 0.2) is 205 Å². The van der Waals surface area contributed by atoms with Crippen LogP contribution in [0.3, 0.4) is 0 Å². The summed E-state index contributed by atoms with van der Waals surface area (Å²) in [4.78, 5) is 2.42. The predicted octanol–water partition coefficient (Wildman–Crippen LogP) is 14.4. The normalized spacial score (nSPS) is 11.5. The van der Waals surface area contributed by atoms with Crippen molar-refractivity contribution in [2.75, 3.05) is 4.90 Å². The van der Waals surface area contributed by atoms with E-state index in [2.05, 4.69) is 205 Å². The van der Waals surface area contributed by atoms with Gasteiger partial charge in [-0.05, 0) is 92.3 Å². The number of fused-ring (bicyclic) bond motifs is 5. The zero-order chi connectivity index (χ0) is 34.4. The lowest BCUT2D eigenvalue weighted by atomic mass is 9.96. The summed E-state index contributed by atoms with van der Waals surface area (Å²) >= 11 is 0. The molecule has 1 aromatic heterocycles. The number of para-hydroxylation sites is 2. The number of hydrogen-bond acceptors (Lipinski definition) is 2. The highest BCUT2D eigenvalue weighted by molar-refractivity contribution is 6.11. The minimum Gasteiger partial charge on any atom is -0.456 e. The Bertz CT molecular complexity index is 2900. The zero-order valence-corrected chi connectivity index (χ0v) is 28.4. The summed E-state index contributed by atoms with van der Waals surface area (Å²) in [6, 6.07) is 71.8. The van der Waals surface area contributed by atoms with Gasteiger partial charge in [0.05, 0.1) is 11.4 Å². The van der Waals surface area contributed by atoms with Crippen LogP contribution in [0, 0.1) is 0 Å². The molecule has 0 N–H and O–H groups in total. The van der Waals surface area contributed by atoms with Crippen LogP contribution >= 0.6 is 0 Å². The molecular weight excluding hydrogens is 631 g/mol. The molecule has 0 unspecified atom stereocenters. The maximum Gasteiger partial charge on any atom is 0.136 e. The van der Waals surface area contributed by atoms with Crippen LogP contribution in [0.4, 0.5) is 17.1 Å². The first kappa shape index (κ1) is 30.0. The smallest absolute Gasteiger partial charge is 0.136 e. The van der Waals surface area contributed by atoms with Crippen LogP contribution in [0.1, 0.15) is 0 Å². The van der Waals surface area contributed by atoms with Gasteiger partial charge in [-0.1, -0.05) is 152 Å². The molecule has 10 aromatic rings. The first-order valence-corrected chi connectivity index (χ1v) is 17.8. The van der Waals surface area contributed by atoms with E-state index in [-0.39, 0.29) is 0 Å². The van der Waals surface area contributed by atoms with Crippen LogP contribution in [0.2, 0.25) is 0 Å². The molecule has 2 heteroatoms. The highest BCUT2D eigenvalue weighted by Gasteiger charge is 2.21. The Hall–Kier alpha value is -6.90. The molecule has 0 aliphatic rings. The van der Waals surface area contributed by atoms with Crippen LogP contribution in [0.25, 0.3) is 76.9 Å². The Balaban J connectivity index is 1.16. The van der Waals surface area contributed by atoms with Crippen LogP contribution < -0.4 is 4.90 Å². The number of nitrogens with zero attached hydrogens (tertiary/aromatic N) is 1. The molecule has 0 saturated carbocycles. The zero-order valence-electron chi connectivity index (χ0n) is 28.4. The summed E-state index contributed by atoms with van der Waals surface area (Å²) in [5.41, 5.74) is 12.1. The summed E-state index contributed by atoms with van der Waals surface area (Å²) in [5.74, 6) is 0. The van der Waals surface area contributed by atoms with Crippen molar-refractivity contribution >= 4 is 60.5 Å². The van der Waals surface area contributed by atoms with Crippen molar-refractivity contribution in [2.24, 2.45) is 0 Å². The van der Waals surface area contributed by atoms with Gasteiger partial charge in [0.15, 0.2) is 0 Å². The quantitative estimate of drug-likeness (QED) is 0.176. The molecule has 0 bridgehead atoms. The van der Waals surface area contributed by atoms with Gasteiger partial charge in [-0.25, -0.2) is 0 Å². The first-order valence-electron chi connectivity index (χ1n) is 17.8. The maximum atomic E-state index is 6.40. The average molecular weight is 664 g/mol. The van der Waals surface area contributed by atoms with E-state index in [9.17, 15) is 0 Å². The van der Waals surface area contributed by atoms with Gasteiger partial charge in [0.2, 0.25) is 0 Å². The SMILES string of the molecule is c1ccc(-c2ccc(-c3ccccc3N(c3ccc4ccccc4c3)c3ccccc3-c3ccc4oc5cc6ccccc6cc5c4c3)cc2)cc1. The van der Waals surface area contributed by atoms with Gasteiger partial charge < -0.3 is 9.32 Å². The lowest BCUT2D eigenvalue weighted by Gasteiger charge is -2.30. The summed E-state index contributed by atoms with van der Waals surface area (Å²) in [7, 11) is 0. The van der Waals surface area contributed by atoms with Gasteiger partial charge in [0.1, 0.15) is 11.2 Å². The second-order valence-corrected chi connectivity index (χ2v) is 13.4. The predicted molar refractivity (Wildman–Crippen MR) is 220 cm³/mol. The molecule has 0 fully saturated rings. The highest BCUT2D eigenvalue weighted by atomic mass is 16.3. The largest absolute Gasteiger partial charge is 0.456 e. The van der Waals surface area contributed by atoms with Crippen molar-refractivity contribution in [2.45, 2.75) is 0 Å². The third-order valence-corrected chi connectivity index (χ3v) is 10.2. The fourth-order valence-electron chi connectivity index (χ4n) is 7.65. The number of benzene rings is 9. The summed E-state index contributed by atoms with van der Waals surface area (Å²) in [5, 5.41) is 7.05. The van der Waals surface area contributed by atoms with Crippen molar-refractivity contribution in [3.05, 3.63) is 200 Å². The number of furan rings is 1. The molecular formula is C50H33NO. The number of hydrogen-bond donors (Lipinski definition) is 0. The molecule has 0 aliphatic carbocycles. The third-order valence-electron chi connectivity index (χ3n) is 10.2. The third kappa shape index (κ3) is 5.21. The van der Waals surface area contributed by atoms with Gasteiger partial charge in [-0.15, -0.1) is 0 Å². The van der Waals surface area contributed by atoms with Gasteiger partial charge in [0.25, 0.3) is 0 Å². The molecule has 0 atom stereocenters. The lowest BCUT2D eigenvalue weighted by Crippen LogP contribution is -2.12. The minimum atomic E-state index is 0.891. The van der Waals surface area contributed by atoms with Crippen LogP contribution in [-0.4, -0.2) is 0 Å². The highest BCUT2D eigenvalue weighted by Crippen LogP contribution is 2.46. The molecule has 10 rings (SSSR count). The molecule has 9 aromatic carbocycles. The van der Waals surface area contributed by atoms with E-state index in [4.69, 9.17) is 4.42 Å². The number of rotatable bonds is 6. The summed E-state index contributed by atoms with van der Waals surface area (Å²) < 4.78 is 6.40. The van der Waals surface area contributed by atoms with E-state index in [1.54, 1.807) is 0 Å². The lowest BCUT2D eigenvalue weighted by molar-refractivity contribution is 0.669. The average Bonchev–Trinajstić information content (AvgIpc) is 3.57. The van der Waals surface area contributed by atoms with Crippen molar-refractivity contribution in [1.29, 1.82) is 0 Å². The van der Waals surface area contributed by atoms with E-state index in [1.807, 2.05) is 0 Å². The van der Waals surface area contributed by atoms with Crippen LogP contribution in [0.5, 0.6) is 0 Å². The Morgan fingerprint density at radius 1 is 0.308 bits per heavy atom. The number of anilines is 3. The fraction of sp³-hybridized carbons (Fsp3) is 0. The Labute approximate surface area is 302 Å². The van der Waals surface area contributed by atoms with Crippen molar-refractivity contribution in [3.63, 3.8) is 0 Å². The Kier molecular flexibility index (Phi) is 7.18. The van der Waals surface area contributed by atoms with E-state index >= 15 is 0 Å². The standard InChI is InChI=1S/C50H33NO/c1-2-12-34(13-3-1)36-22-24-37(25-23-36)43-18-8-10-20-47(43)51(42-28-26-35-14-4-5-15-38(35)30-42)48-21-11-9-19-44(48)41-27-29-49-45(32-41)46-31-39-16-6-7-17-40(39)33-50(46)52-49/h1-33H. The maximum absolute atomic E-state index is 6.40. The van der Waals surface area contributed by atoms with Crippen molar-refractivity contribution < 1.29 is 4.42 Å². The fourth-order valence-corrected chi connectivity index (χ4v) is 7.65. The van der Waals surface area contributed by atoms with E-state index in [0.29, 0.717) is 0 Å². The molecule has 0 aliphatic heterocycles. The van der Waals surface area contributed by atoms with E-state index in [1.165, 1.54) is 32.7 Å². The second kappa shape index (κ2) is 12.5. The van der Waals surface area contributed by atoms with E-state index in [0.717, 1.165) is 61.3 Å². The minimum absolute atomic E-state index is 0.891. The van der Waals surface area contributed by atoms with Gasteiger partial charge in [-0.2, -0.15) is 0 Å². The Morgan fingerprint density at radius 3 is 1.56 bits per heavy atom. The first-order chi connectivity index (χ1) is 25.8. The second-order valence-electron chi connectivity index (χ2n) is 13.4. The molecule has 52 heavy (non-hydrogen) atoms. The Morgan fingerprint density at radius 2 is 0.827 bits per heavy atom. The monoisotopic (exact) mass is 663 g/mol. The molecule has 0 radical (unpaired) electrons. The van der Waals surface area contributed by atoms with Crippen molar-refractivity contribution in [3.8, 4) is 33.4 Å². The molecule has 0 spiro atoms. The van der Waals surface area contributed by atoms with Gasteiger partial charge >= 0.3 is 0 Å². The topological polar surface area (TPSA) is 16.4 Å². The molecule has 1 heterocycles. The van der Waals surface area contributed by atoms with E-state index < -0.39 is 0 Å². The summed E-state index contributed by atoms with van der Waals surface area (Å²) in [6.45, 7) is 0. The van der Waals surface area contributed by atoms with Gasteiger partial charge in [0, 0.05) is 27.6 Å². The summed E-state index contributed by atoms with van der Waals surface area (Å²) in [6.07, 6.45) is 0. The molecule has 244 valence electrons. The van der Waals surface area contributed by atoms with Crippen molar-refractivity contribution in [1.82, 2.24) is 0 Å². The van der Waals surface area contributed by atoms with Gasteiger partial charge in [-0.3, -0.25) is 0 Å². The molecule has 0 saturated heterocycles.